The van der Waals surface area contributed by atoms with E-state index >= 15 is 0 Å². The molecular formula is C17H24ClNO2. The van der Waals surface area contributed by atoms with Crippen molar-refractivity contribution >= 4 is 17.6 Å². The molecule has 0 radical (unpaired) electrons. The Hall–Kier alpha value is -1.06. The zero-order chi connectivity index (χ0) is 15.6. The van der Waals surface area contributed by atoms with E-state index in [1.165, 1.54) is 0 Å². The third-order valence-electron chi connectivity index (χ3n) is 4.16. The summed E-state index contributed by atoms with van der Waals surface area (Å²) in [7, 11) is 0. The quantitative estimate of drug-likeness (QED) is 0.797. The molecule has 1 aromatic carbocycles. The van der Waals surface area contributed by atoms with Crippen LogP contribution in [0.25, 0.3) is 0 Å². The zero-order valence-corrected chi connectivity index (χ0v) is 14.0. The topological polar surface area (TPSA) is 29.5 Å². The molecule has 0 spiro atoms. The van der Waals surface area contributed by atoms with Crippen LogP contribution in [-0.2, 0) is 9.53 Å². The lowest BCUT2D eigenvalue weighted by atomic mass is 9.89. The van der Waals surface area contributed by atoms with Crippen LogP contribution in [0.4, 0.5) is 0 Å². The van der Waals surface area contributed by atoms with Crippen molar-refractivity contribution in [2.75, 3.05) is 19.7 Å². The van der Waals surface area contributed by atoms with Crippen molar-refractivity contribution in [1.29, 1.82) is 0 Å². The summed E-state index contributed by atoms with van der Waals surface area (Å²) in [6.07, 6.45) is 0. The second kappa shape index (κ2) is 6.37. The maximum atomic E-state index is 12.3. The molecule has 2 rings (SSSR count). The SMILES string of the molecule is CCOC(=O)[C@@H]1CN(C(C)(C)C)C[C@H]1c1ccc(Cl)cc1. The van der Waals surface area contributed by atoms with E-state index < -0.39 is 0 Å². The monoisotopic (exact) mass is 309 g/mol. The van der Waals surface area contributed by atoms with Crippen LogP contribution in [0.2, 0.25) is 5.02 Å². The fourth-order valence-electron chi connectivity index (χ4n) is 2.89. The molecule has 0 saturated carbocycles. The molecule has 0 aromatic heterocycles. The van der Waals surface area contributed by atoms with Crippen LogP contribution in [0.1, 0.15) is 39.2 Å². The normalized spacial score (nSPS) is 23.3. The van der Waals surface area contributed by atoms with Crippen molar-refractivity contribution < 1.29 is 9.53 Å². The highest BCUT2D eigenvalue weighted by Gasteiger charge is 2.42. The molecule has 2 atom stereocenters. The number of benzene rings is 1. The molecule has 0 bridgehead atoms. The molecule has 21 heavy (non-hydrogen) atoms. The second-order valence-electron chi connectivity index (χ2n) is 6.59. The van der Waals surface area contributed by atoms with Crippen molar-refractivity contribution in [1.82, 2.24) is 4.90 Å². The number of carbonyl (C=O) groups excluding carboxylic acids is 1. The summed E-state index contributed by atoms with van der Waals surface area (Å²) in [4.78, 5) is 14.6. The van der Waals surface area contributed by atoms with Crippen LogP contribution in [0.5, 0.6) is 0 Å². The number of likely N-dealkylation sites (tertiary alicyclic amines) is 1. The first-order valence-electron chi connectivity index (χ1n) is 7.50. The van der Waals surface area contributed by atoms with Crippen LogP contribution in [-0.4, -0.2) is 36.1 Å². The maximum Gasteiger partial charge on any atom is 0.310 e. The molecule has 3 nitrogen and oxygen atoms in total. The lowest BCUT2D eigenvalue weighted by Crippen LogP contribution is -2.40. The molecule has 1 heterocycles. The van der Waals surface area contributed by atoms with Gasteiger partial charge in [-0.3, -0.25) is 9.69 Å². The van der Waals surface area contributed by atoms with E-state index in [1.807, 2.05) is 31.2 Å². The molecule has 1 aliphatic rings. The number of carbonyl (C=O) groups is 1. The number of rotatable bonds is 3. The fourth-order valence-corrected chi connectivity index (χ4v) is 3.01. The molecule has 116 valence electrons. The molecule has 1 aliphatic heterocycles. The van der Waals surface area contributed by atoms with Crippen molar-refractivity contribution in [2.45, 2.75) is 39.2 Å². The fraction of sp³-hybridized carbons (Fsp3) is 0.588. The summed E-state index contributed by atoms with van der Waals surface area (Å²) in [6, 6.07) is 7.81. The van der Waals surface area contributed by atoms with Gasteiger partial charge in [0, 0.05) is 29.6 Å². The van der Waals surface area contributed by atoms with Gasteiger partial charge in [-0.25, -0.2) is 0 Å². The summed E-state index contributed by atoms with van der Waals surface area (Å²) in [6.45, 7) is 10.4. The highest BCUT2D eigenvalue weighted by molar-refractivity contribution is 6.30. The lowest BCUT2D eigenvalue weighted by molar-refractivity contribution is -0.148. The molecule has 1 aromatic rings. The van der Waals surface area contributed by atoms with Gasteiger partial charge in [0.15, 0.2) is 0 Å². The Morgan fingerprint density at radius 1 is 1.29 bits per heavy atom. The van der Waals surface area contributed by atoms with Crippen molar-refractivity contribution in [3.63, 3.8) is 0 Å². The maximum absolute atomic E-state index is 12.3. The average molecular weight is 310 g/mol. The van der Waals surface area contributed by atoms with Crippen LogP contribution >= 0.6 is 11.6 Å². The Balaban J connectivity index is 2.26. The lowest BCUT2D eigenvalue weighted by Gasteiger charge is -2.31. The van der Waals surface area contributed by atoms with Crippen molar-refractivity contribution in [3.8, 4) is 0 Å². The van der Waals surface area contributed by atoms with Crippen LogP contribution in [0.3, 0.4) is 0 Å². The van der Waals surface area contributed by atoms with Crippen molar-refractivity contribution in [3.05, 3.63) is 34.9 Å². The number of hydrogen-bond donors (Lipinski definition) is 0. The van der Waals surface area contributed by atoms with Crippen LogP contribution in [0, 0.1) is 5.92 Å². The van der Waals surface area contributed by atoms with Gasteiger partial charge in [-0.1, -0.05) is 23.7 Å². The number of halogens is 1. The van der Waals surface area contributed by atoms with Gasteiger partial charge < -0.3 is 4.74 Å². The molecule has 0 aliphatic carbocycles. The Labute approximate surface area is 132 Å². The number of nitrogens with zero attached hydrogens (tertiary/aromatic N) is 1. The van der Waals surface area contributed by atoms with E-state index in [9.17, 15) is 4.79 Å². The number of ether oxygens (including phenoxy) is 1. The molecule has 0 N–H and O–H groups in total. The van der Waals surface area contributed by atoms with Crippen LogP contribution in [0.15, 0.2) is 24.3 Å². The van der Waals surface area contributed by atoms with Gasteiger partial charge in [0.05, 0.1) is 12.5 Å². The van der Waals surface area contributed by atoms with E-state index in [2.05, 4.69) is 25.7 Å². The molecule has 0 unspecified atom stereocenters. The average Bonchev–Trinajstić information content (AvgIpc) is 2.85. The molecule has 1 saturated heterocycles. The number of hydrogen-bond acceptors (Lipinski definition) is 3. The van der Waals surface area contributed by atoms with Gasteiger partial charge in [-0.2, -0.15) is 0 Å². The molecule has 4 heteroatoms. The predicted octanol–water partition coefficient (Wildman–Crippen LogP) is 3.72. The Morgan fingerprint density at radius 3 is 2.43 bits per heavy atom. The molecular weight excluding hydrogens is 286 g/mol. The van der Waals surface area contributed by atoms with Gasteiger partial charge in [0.25, 0.3) is 0 Å². The highest BCUT2D eigenvalue weighted by Crippen LogP contribution is 2.37. The first kappa shape index (κ1) is 16.3. The zero-order valence-electron chi connectivity index (χ0n) is 13.2. The van der Waals surface area contributed by atoms with Gasteiger partial charge in [0.1, 0.15) is 0 Å². The summed E-state index contributed by atoms with van der Waals surface area (Å²) in [5, 5.41) is 0.720. The standard InChI is InChI=1S/C17H24ClNO2/c1-5-21-16(20)15-11-19(17(2,3)4)10-14(15)12-6-8-13(18)9-7-12/h6-9,14-15H,5,10-11H2,1-4H3/t14-,15+/m0/s1. The summed E-state index contributed by atoms with van der Waals surface area (Å²) < 4.78 is 5.27. The summed E-state index contributed by atoms with van der Waals surface area (Å²) >= 11 is 5.97. The first-order chi connectivity index (χ1) is 9.82. The van der Waals surface area contributed by atoms with E-state index in [0.29, 0.717) is 6.61 Å². The first-order valence-corrected chi connectivity index (χ1v) is 7.88. The van der Waals surface area contributed by atoms with Gasteiger partial charge in [-0.15, -0.1) is 0 Å². The Kier molecular flexibility index (Phi) is 4.95. The van der Waals surface area contributed by atoms with Gasteiger partial charge >= 0.3 is 5.97 Å². The van der Waals surface area contributed by atoms with Crippen LogP contribution < -0.4 is 0 Å². The Bertz CT molecular complexity index is 493. The predicted molar refractivity (Wildman–Crippen MR) is 85.6 cm³/mol. The largest absolute Gasteiger partial charge is 0.466 e. The van der Waals surface area contributed by atoms with E-state index in [0.717, 1.165) is 23.7 Å². The third kappa shape index (κ3) is 3.78. The van der Waals surface area contributed by atoms with Gasteiger partial charge in [-0.05, 0) is 45.4 Å². The minimum absolute atomic E-state index is 0.0475. The van der Waals surface area contributed by atoms with E-state index in [4.69, 9.17) is 16.3 Å². The second-order valence-corrected chi connectivity index (χ2v) is 7.03. The molecule has 0 amide bonds. The van der Waals surface area contributed by atoms with Gasteiger partial charge in [0.2, 0.25) is 0 Å². The third-order valence-corrected chi connectivity index (χ3v) is 4.41. The number of esters is 1. The minimum atomic E-state index is -0.106. The van der Waals surface area contributed by atoms with E-state index in [-0.39, 0.29) is 23.3 Å². The van der Waals surface area contributed by atoms with Crippen molar-refractivity contribution in [2.24, 2.45) is 5.92 Å². The smallest absolute Gasteiger partial charge is 0.310 e. The minimum Gasteiger partial charge on any atom is -0.466 e. The Morgan fingerprint density at radius 2 is 1.90 bits per heavy atom. The molecule has 1 fully saturated rings. The summed E-state index contributed by atoms with van der Waals surface area (Å²) in [5.41, 5.74) is 1.20. The summed E-state index contributed by atoms with van der Waals surface area (Å²) in [5.74, 6) is -0.0323. The highest BCUT2D eigenvalue weighted by atomic mass is 35.5. The van der Waals surface area contributed by atoms with E-state index in [1.54, 1.807) is 0 Å².